The molecule has 130 valence electrons. The molecule has 0 saturated heterocycles. The van der Waals surface area contributed by atoms with Gasteiger partial charge in [0.15, 0.2) is 11.3 Å². The highest BCUT2D eigenvalue weighted by Crippen LogP contribution is 2.29. The fourth-order valence-corrected chi connectivity index (χ4v) is 3.58. The Hall–Kier alpha value is -2.62. The zero-order valence-corrected chi connectivity index (χ0v) is 14.3. The average molecular weight is 357 g/mol. The van der Waals surface area contributed by atoms with Crippen molar-refractivity contribution in [3.8, 4) is 11.5 Å². The van der Waals surface area contributed by atoms with E-state index in [4.69, 9.17) is 9.47 Å². The Morgan fingerprint density at radius 3 is 2.42 bits per heavy atom. The first-order valence-electron chi connectivity index (χ1n) is 6.66. The van der Waals surface area contributed by atoms with E-state index in [0.29, 0.717) is 10.2 Å². The van der Waals surface area contributed by atoms with Gasteiger partial charge in [-0.2, -0.15) is 3.97 Å². The monoisotopic (exact) mass is 357 g/mol. The topological polar surface area (TPSA) is 91.9 Å². The van der Waals surface area contributed by atoms with Crippen molar-refractivity contribution >= 4 is 10.0 Å². The minimum absolute atomic E-state index is 0.00461. The van der Waals surface area contributed by atoms with Crippen molar-refractivity contribution < 1.29 is 22.3 Å². The molecule has 1 aromatic carbocycles. The molecule has 0 bridgehead atoms. The van der Waals surface area contributed by atoms with Crippen LogP contribution in [0.3, 0.4) is 0 Å². The van der Waals surface area contributed by atoms with Gasteiger partial charge in [-0.3, -0.25) is 9.56 Å². The van der Waals surface area contributed by atoms with Crippen LogP contribution in [-0.2, 0) is 17.1 Å². The van der Waals surface area contributed by atoms with Crippen LogP contribution in [0, 0.1) is 5.82 Å². The molecule has 0 radical (unpaired) electrons. The highest BCUT2D eigenvalue weighted by molar-refractivity contribution is 7.90. The molecule has 0 aliphatic heterocycles. The highest BCUT2D eigenvalue weighted by atomic mass is 32.2. The number of methoxy groups -OCH3 is 2. The molecule has 0 N–H and O–H groups in total. The summed E-state index contributed by atoms with van der Waals surface area (Å²) in [5, 5.41) is 0. The van der Waals surface area contributed by atoms with Crippen molar-refractivity contribution in [3.63, 3.8) is 0 Å². The second-order valence-electron chi connectivity index (χ2n) is 4.68. The van der Waals surface area contributed by atoms with E-state index >= 15 is 0 Å². The van der Waals surface area contributed by atoms with Crippen molar-refractivity contribution in [1.82, 2.24) is 8.54 Å². The molecular formula is C14H16FN3O5S. The number of ether oxygens (including phenoxy) is 2. The number of halogens is 1. The normalized spacial score (nSPS) is 12.3. The van der Waals surface area contributed by atoms with Gasteiger partial charge in [0.1, 0.15) is 16.4 Å². The molecule has 0 atom stereocenters. The molecule has 0 spiro atoms. The van der Waals surface area contributed by atoms with Crippen LogP contribution in [0.5, 0.6) is 11.5 Å². The second-order valence-corrected chi connectivity index (χ2v) is 6.47. The van der Waals surface area contributed by atoms with E-state index < -0.39 is 21.5 Å². The van der Waals surface area contributed by atoms with E-state index in [-0.39, 0.29) is 21.9 Å². The Bertz CT molecular complexity index is 1010. The predicted molar refractivity (Wildman–Crippen MR) is 83.2 cm³/mol. The Labute approximate surface area is 137 Å². The van der Waals surface area contributed by atoms with Gasteiger partial charge < -0.3 is 9.47 Å². The Balaban J connectivity index is 2.85. The maximum absolute atomic E-state index is 14.1. The van der Waals surface area contributed by atoms with Gasteiger partial charge >= 0.3 is 5.69 Å². The fourth-order valence-electron chi connectivity index (χ4n) is 2.14. The zero-order chi connectivity index (χ0) is 18.1. The number of benzene rings is 1. The molecule has 1 aromatic heterocycles. The summed E-state index contributed by atoms with van der Waals surface area (Å²) >= 11 is 0. The van der Waals surface area contributed by atoms with Crippen LogP contribution in [-0.4, -0.2) is 38.2 Å². The smallest absolute Gasteiger partial charge is 0.343 e. The van der Waals surface area contributed by atoms with E-state index in [0.717, 1.165) is 4.57 Å². The maximum atomic E-state index is 14.1. The minimum atomic E-state index is -4.42. The lowest BCUT2D eigenvalue weighted by Crippen LogP contribution is -2.42. The highest BCUT2D eigenvalue weighted by Gasteiger charge is 2.25. The van der Waals surface area contributed by atoms with Crippen LogP contribution in [0.25, 0.3) is 0 Å². The van der Waals surface area contributed by atoms with E-state index in [2.05, 4.69) is 4.99 Å². The Morgan fingerprint density at radius 2 is 1.88 bits per heavy atom. The lowest BCUT2D eigenvalue weighted by atomic mass is 10.3. The average Bonchev–Trinajstić information content (AvgIpc) is 2.57. The third-order valence-electron chi connectivity index (χ3n) is 3.36. The van der Waals surface area contributed by atoms with Crippen LogP contribution in [0.15, 0.2) is 39.1 Å². The van der Waals surface area contributed by atoms with Gasteiger partial charge in [0.05, 0.1) is 20.4 Å². The summed E-state index contributed by atoms with van der Waals surface area (Å²) < 4.78 is 50.8. The number of hydrogen-bond acceptors (Lipinski definition) is 6. The molecule has 0 amide bonds. The lowest BCUT2D eigenvalue weighted by Gasteiger charge is -2.13. The number of nitrogens with zero attached hydrogens (tertiary/aromatic N) is 3. The van der Waals surface area contributed by atoms with Crippen molar-refractivity contribution in [1.29, 1.82) is 0 Å². The zero-order valence-electron chi connectivity index (χ0n) is 13.5. The van der Waals surface area contributed by atoms with Gasteiger partial charge in [0.2, 0.25) is 0 Å². The van der Waals surface area contributed by atoms with Gasteiger partial charge in [0, 0.05) is 20.2 Å². The third-order valence-corrected chi connectivity index (χ3v) is 5.01. The van der Waals surface area contributed by atoms with Crippen molar-refractivity contribution in [3.05, 3.63) is 46.2 Å². The fraction of sp³-hybridized carbons (Fsp3) is 0.286. The number of rotatable bonds is 4. The molecule has 8 nitrogen and oxygen atoms in total. The maximum Gasteiger partial charge on any atom is 0.343 e. The molecule has 2 aromatic rings. The van der Waals surface area contributed by atoms with Gasteiger partial charge in [-0.15, -0.1) is 0 Å². The summed E-state index contributed by atoms with van der Waals surface area (Å²) in [6, 6.07) is 4.07. The molecule has 24 heavy (non-hydrogen) atoms. The molecule has 0 aliphatic rings. The summed E-state index contributed by atoms with van der Waals surface area (Å²) in [6.45, 7) is 0. The van der Waals surface area contributed by atoms with E-state index in [9.17, 15) is 17.6 Å². The largest absolute Gasteiger partial charge is 0.497 e. The van der Waals surface area contributed by atoms with Crippen LogP contribution >= 0.6 is 0 Å². The molecule has 10 heteroatoms. The van der Waals surface area contributed by atoms with E-state index in [1.165, 1.54) is 46.5 Å². The molecule has 0 unspecified atom stereocenters. The SMILES string of the molecule is C/N=c1\c(F)cn(S(=O)(=O)c2cc(OC)ccc2OC)c(=O)n1C. The number of hydrogen-bond donors (Lipinski definition) is 0. The lowest BCUT2D eigenvalue weighted by molar-refractivity contribution is 0.392. The summed E-state index contributed by atoms with van der Waals surface area (Å²) in [4.78, 5) is 15.6. The van der Waals surface area contributed by atoms with Gasteiger partial charge in [-0.1, -0.05) is 0 Å². The minimum Gasteiger partial charge on any atom is -0.497 e. The number of aromatic nitrogens is 2. The Kier molecular flexibility index (Phi) is 4.78. The van der Waals surface area contributed by atoms with E-state index in [1.807, 2.05) is 0 Å². The molecule has 2 rings (SSSR count). The van der Waals surface area contributed by atoms with Gasteiger partial charge in [-0.05, 0) is 12.1 Å². The van der Waals surface area contributed by atoms with Crippen LogP contribution in [0.1, 0.15) is 0 Å². The van der Waals surface area contributed by atoms with Crippen LogP contribution in [0.4, 0.5) is 4.39 Å². The summed E-state index contributed by atoms with van der Waals surface area (Å²) in [7, 11) is 0.744. The van der Waals surface area contributed by atoms with Crippen molar-refractivity contribution in [2.45, 2.75) is 4.90 Å². The summed E-state index contributed by atoms with van der Waals surface area (Å²) in [6.07, 6.45) is 0.582. The third kappa shape index (κ3) is 2.80. The summed E-state index contributed by atoms with van der Waals surface area (Å²) in [5.74, 6) is -0.715. The standard InChI is InChI=1S/C14H16FN3O5S/c1-16-13-10(15)8-18(14(19)17(13)2)24(20,21)12-7-9(22-3)5-6-11(12)23-4/h5-8H,1-4H3/b16-13+. The van der Waals surface area contributed by atoms with Crippen molar-refractivity contribution in [2.75, 3.05) is 21.3 Å². The van der Waals surface area contributed by atoms with Gasteiger partial charge in [0.25, 0.3) is 10.0 Å². The summed E-state index contributed by atoms with van der Waals surface area (Å²) in [5.41, 5.74) is -1.23. The molecular weight excluding hydrogens is 341 g/mol. The van der Waals surface area contributed by atoms with Crippen molar-refractivity contribution in [2.24, 2.45) is 12.0 Å². The quantitative estimate of drug-likeness (QED) is 0.775. The van der Waals surface area contributed by atoms with Crippen LogP contribution < -0.4 is 20.7 Å². The first kappa shape index (κ1) is 17.7. The van der Waals surface area contributed by atoms with Crippen LogP contribution in [0.2, 0.25) is 0 Å². The first-order valence-corrected chi connectivity index (χ1v) is 8.10. The molecule has 0 aliphatic carbocycles. The molecule has 0 fully saturated rings. The van der Waals surface area contributed by atoms with E-state index in [1.54, 1.807) is 0 Å². The second kappa shape index (κ2) is 6.48. The Morgan fingerprint density at radius 1 is 1.21 bits per heavy atom. The van der Waals surface area contributed by atoms with Gasteiger partial charge in [-0.25, -0.2) is 17.6 Å². The molecule has 0 saturated carbocycles. The molecule has 1 heterocycles. The first-order chi connectivity index (χ1) is 11.3. The predicted octanol–water partition coefficient (Wildman–Crippen LogP) is 0.111.